The van der Waals surface area contributed by atoms with E-state index in [-0.39, 0.29) is 5.56 Å². The first-order chi connectivity index (χ1) is 13.9. The van der Waals surface area contributed by atoms with Crippen LogP contribution in [0.3, 0.4) is 0 Å². The number of carbonyl (C=O) groups is 1. The van der Waals surface area contributed by atoms with Gasteiger partial charge in [-0.15, -0.1) is 11.3 Å². The van der Waals surface area contributed by atoms with Gasteiger partial charge in [-0.2, -0.15) is 13.2 Å². The summed E-state index contributed by atoms with van der Waals surface area (Å²) in [6.07, 6.45) is -4.44. The molecule has 0 radical (unpaired) electrons. The van der Waals surface area contributed by atoms with Gasteiger partial charge in [0.05, 0.1) is 11.3 Å². The van der Waals surface area contributed by atoms with E-state index in [4.69, 9.17) is 0 Å². The number of amides is 1. The lowest BCUT2D eigenvalue weighted by molar-refractivity contribution is -0.137. The quantitative estimate of drug-likeness (QED) is 0.420. The zero-order valence-electron chi connectivity index (χ0n) is 14.8. The van der Waals surface area contributed by atoms with Gasteiger partial charge in [-0.25, -0.2) is 4.98 Å². The number of benzene rings is 3. The third kappa shape index (κ3) is 4.22. The molecule has 1 aromatic heterocycles. The largest absolute Gasteiger partial charge is 0.416 e. The van der Waals surface area contributed by atoms with E-state index in [0.717, 1.165) is 46.3 Å². The minimum absolute atomic E-state index is 0.108. The van der Waals surface area contributed by atoms with Crippen LogP contribution in [0.15, 0.2) is 72.1 Å². The standard InChI is InChI=1S/C21H14F3N3OS/c22-21(23,24)17-9-7-14(8-10-17)19(28)26-27-20-25-18(12-29-20)16-6-5-13-3-1-2-4-15(13)11-16/h1-12H,(H,25,27)(H,26,28). The third-order valence-electron chi connectivity index (χ3n) is 4.31. The van der Waals surface area contributed by atoms with E-state index in [1.54, 1.807) is 0 Å². The fourth-order valence-electron chi connectivity index (χ4n) is 2.81. The second-order valence-electron chi connectivity index (χ2n) is 6.25. The van der Waals surface area contributed by atoms with Crippen LogP contribution in [-0.2, 0) is 6.18 Å². The summed E-state index contributed by atoms with van der Waals surface area (Å²) in [5.74, 6) is -0.554. The minimum atomic E-state index is -4.44. The van der Waals surface area contributed by atoms with Crippen LogP contribution in [0.4, 0.5) is 18.3 Å². The average molecular weight is 413 g/mol. The molecular weight excluding hydrogens is 399 g/mol. The summed E-state index contributed by atoms with van der Waals surface area (Å²) in [6.45, 7) is 0. The van der Waals surface area contributed by atoms with Crippen molar-refractivity contribution >= 4 is 33.1 Å². The van der Waals surface area contributed by atoms with E-state index in [1.165, 1.54) is 11.3 Å². The van der Waals surface area contributed by atoms with E-state index in [1.807, 2.05) is 47.8 Å². The number of nitrogens with zero attached hydrogens (tertiary/aromatic N) is 1. The molecule has 0 atom stereocenters. The van der Waals surface area contributed by atoms with Gasteiger partial charge in [-0.05, 0) is 41.1 Å². The van der Waals surface area contributed by atoms with E-state index < -0.39 is 17.6 Å². The number of nitrogens with one attached hydrogen (secondary N) is 2. The average Bonchev–Trinajstić information content (AvgIpc) is 3.20. The molecular formula is C21H14F3N3OS. The number of halogens is 3. The summed E-state index contributed by atoms with van der Waals surface area (Å²) >= 11 is 1.31. The van der Waals surface area contributed by atoms with Crippen molar-refractivity contribution in [2.75, 3.05) is 5.43 Å². The molecule has 0 bridgehead atoms. The number of carbonyl (C=O) groups excluding carboxylic acids is 1. The van der Waals surface area contributed by atoms with Gasteiger partial charge in [-0.3, -0.25) is 15.6 Å². The summed E-state index contributed by atoms with van der Waals surface area (Å²) in [4.78, 5) is 16.6. The molecule has 0 aliphatic rings. The first-order valence-electron chi connectivity index (χ1n) is 8.58. The fraction of sp³-hybridized carbons (Fsp3) is 0.0476. The molecule has 29 heavy (non-hydrogen) atoms. The molecule has 0 unspecified atom stereocenters. The van der Waals surface area contributed by atoms with Crippen molar-refractivity contribution in [1.82, 2.24) is 10.4 Å². The lowest BCUT2D eigenvalue weighted by Crippen LogP contribution is -2.29. The Morgan fingerprint density at radius 2 is 1.66 bits per heavy atom. The Morgan fingerprint density at radius 3 is 2.38 bits per heavy atom. The Labute approximate surface area is 168 Å². The van der Waals surface area contributed by atoms with Gasteiger partial charge >= 0.3 is 6.18 Å². The molecule has 8 heteroatoms. The molecule has 4 nitrogen and oxygen atoms in total. The van der Waals surface area contributed by atoms with Gasteiger partial charge in [0.2, 0.25) is 5.13 Å². The lowest BCUT2D eigenvalue weighted by atomic mass is 10.1. The monoisotopic (exact) mass is 413 g/mol. The van der Waals surface area contributed by atoms with Crippen molar-refractivity contribution in [2.24, 2.45) is 0 Å². The molecule has 4 aromatic rings. The fourth-order valence-corrected chi connectivity index (χ4v) is 3.48. The van der Waals surface area contributed by atoms with Gasteiger partial charge < -0.3 is 0 Å². The Bertz CT molecular complexity index is 1170. The van der Waals surface area contributed by atoms with E-state index >= 15 is 0 Å². The molecule has 0 saturated carbocycles. The van der Waals surface area contributed by atoms with Crippen molar-refractivity contribution in [2.45, 2.75) is 6.18 Å². The van der Waals surface area contributed by atoms with Crippen molar-refractivity contribution in [3.05, 3.63) is 83.2 Å². The van der Waals surface area contributed by atoms with Gasteiger partial charge in [0, 0.05) is 16.5 Å². The van der Waals surface area contributed by atoms with Gasteiger partial charge in [-0.1, -0.05) is 36.4 Å². The van der Waals surface area contributed by atoms with Crippen LogP contribution in [0.25, 0.3) is 22.0 Å². The first kappa shape index (κ1) is 18.9. The highest BCUT2D eigenvalue weighted by molar-refractivity contribution is 7.14. The number of hydrazine groups is 1. The normalized spacial score (nSPS) is 11.4. The van der Waals surface area contributed by atoms with E-state index in [0.29, 0.717) is 5.13 Å². The number of alkyl halides is 3. The number of hydrogen-bond donors (Lipinski definition) is 2. The number of hydrogen-bond acceptors (Lipinski definition) is 4. The highest BCUT2D eigenvalue weighted by atomic mass is 32.1. The van der Waals surface area contributed by atoms with Crippen LogP contribution in [-0.4, -0.2) is 10.9 Å². The third-order valence-corrected chi connectivity index (χ3v) is 5.06. The molecule has 4 rings (SSSR count). The zero-order chi connectivity index (χ0) is 20.4. The van der Waals surface area contributed by atoms with Crippen LogP contribution < -0.4 is 10.9 Å². The van der Waals surface area contributed by atoms with Crippen LogP contribution in [0.2, 0.25) is 0 Å². The molecule has 146 valence electrons. The highest BCUT2D eigenvalue weighted by Gasteiger charge is 2.30. The molecule has 1 heterocycles. The van der Waals surface area contributed by atoms with Crippen LogP contribution in [0.1, 0.15) is 15.9 Å². The predicted octanol–water partition coefficient (Wildman–Crippen LogP) is 5.74. The van der Waals surface area contributed by atoms with E-state index in [9.17, 15) is 18.0 Å². The molecule has 0 saturated heterocycles. The zero-order valence-corrected chi connectivity index (χ0v) is 15.6. The number of aromatic nitrogens is 1. The smallest absolute Gasteiger partial charge is 0.273 e. The summed E-state index contributed by atoms with van der Waals surface area (Å²) in [5, 5.41) is 4.56. The molecule has 0 aliphatic carbocycles. The second-order valence-corrected chi connectivity index (χ2v) is 7.11. The molecule has 3 aromatic carbocycles. The summed E-state index contributed by atoms with van der Waals surface area (Å²) in [6, 6.07) is 18.0. The Kier molecular flexibility index (Phi) is 4.94. The van der Waals surface area contributed by atoms with Gasteiger partial charge in [0.1, 0.15) is 0 Å². The molecule has 2 N–H and O–H groups in total. The van der Waals surface area contributed by atoms with Crippen LogP contribution >= 0.6 is 11.3 Å². The molecule has 0 fully saturated rings. The Hall–Kier alpha value is -3.39. The minimum Gasteiger partial charge on any atom is -0.273 e. The van der Waals surface area contributed by atoms with Crippen LogP contribution in [0.5, 0.6) is 0 Å². The summed E-state index contributed by atoms with van der Waals surface area (Å²) in [5.41, 5.74) is 6.15. The van der Waals surface area contributed by atoms with Gasteiger partial charge in [0.15, 0.2) is 0 Å². The van der Waals surface area contributed by atoms with Crippen molar-refractivity contribution in [1.29, 1.82) is 0 Å². The van der Waals surface area contributed by atoms with E-state index in [2.05, 4.69) is 15.8 Å². The number of fused-ring (bicyclic) bond motifs is 1. The number of anilines is 1. The summed E-state index contributed by atoms with van der Waals surface area (Å²) < 4.78 is 37.8. The molecule has 1 amide bonds. The van der Waals surface area contributed by atoms with Crippen LogP contribution in [0, 0.1) is 0 Å². The maximum atomic E-state index is 12.6. The maximum absolute atomic E-state index is 12.6. The topological polar surface area (TPSA) is 54.0 Å². The highest BCUT2D eigenvalue weighted by Crippen LogP contribution is 2.29. The van der Waals surface area contributed by atoms with Crippen molar-refractivity contribution < 1.29 is 18.0 Å². The SMILES string of the molecule is O=C(NNc1nc(-c2ccc3ccccc3c2)cs1)c1ccc(C(F)(F)F)cc1. The van der Waals surface area contributed by atoms with Crippen molar-refractivity contribution in [3.8, 4) is 11.3 Å². The summed E-state index contributed by atoms with van der Waals surface area (Å²) in [7, 11) is 0. The molecule has 0 aliphatic heterocycles. The molecule has 0 spiro atoms. The first-order valence-corrected chi connectivity index (χ1v) is 9.46. The Balaban J connectivity index is 1.43. The number of rotatable bonds is 4. The van der Waals surface area contributed by atoms with Gasteiger partial charge in [0.25, 0.3) is 5.91 Å². The maximum Gasteiger partial charge on any atom is 0.416 e. The second kappa shape index (κ2) is 7.56. The predicted molar refractivity (Wildman–Crippen MR) is 108 cm³/mol. The number of thiazole rings is 1. The lowest BCUT2D eigenvalue weighted by Gasteiger charge is -2.08. The van der Waals surface area contributed by atoms with Crippen molar-refractivity contribution in [3.63, 3.8) is 0 Å². The Morgan fingerprint density at radius 1 is 0.931 bits per heavy atom.